The van der Waals surface area contributed by atoms with Gasteiger partial charge in [0, 0.05) is 5.75 Å². The Balaban J connectivity index is 4.72. The highest BCUT2D eigenvalue weighted by Crippen LogP contribution is 2.00. The van der Waals surface area contributed by atoms with Gasteiger partial charge in [0.1, 0.15) is 12.1 Å². The highest BCUT2D eigenvalue weighted by molar-refractivity contribution is 7.80. The van der Waals surface area contributed by atoms with E-state index in [0.717, 1.165) is 0 Å². The van der Waals surface area contributed by atoms with Gasteiger partial charge in [-0.2, -0.15) is 12.6 Å². The van der Waals surface area contributed by atoms with E-state index in [4.69, 9.17) is 21.7 Å². The molecule has 0 fully saturated rings. The fourth-order valence-electron chi connectivity index (χ4n) is 2.02. The fraction of sp³-hybridized carbons (Fsp3) is 0.667. The van der Waals surface area contributed by atoms with Gasteiger partial charge in [0.05, 0.1) is 19.0 Å². The van der Waals surface area contributed by atoms with Gasteiger partial charge in [-0.1, -0.05) is 6.42 Å². The van der Waals surface area contributed by atoms with E-state index in [1.165, 1.54) is 0 Å². The smallest absolute Gasteiger partial charge is 0.327 e. The van der Waals surface area contributed by atoms with Crippen LogP contribution >= 0.6 is 12.6 Å². The summed E-state index contributed by atoms with van der Waals surface area (Å²) in [5.74, 6) is -5.23. The quantitative estimate of drug-likeness (QED) is 0.106. The van der Waals surface area contributed by atoms with Crippen molar-refractivity contribution in [3.8, 4) is 0 Å². The van der Waals surface area contributed by atoms with Gasteiger partial charge in [0.15, 0.2) is 0 Å². The molecule has 0 spiro atoms. The largest absolute Gasteiger partial charge is 0.481 e. The number of nitrogens with two attached hydrogens (primary N) is 2. The van der Waals surface area contributed by atoms with Gasteiger partial charge >= 0.3 is 11.9 Å². The monoisotopic (exact) mass is 421 g/mol. The number of rotatable bonds is 14. The second-order valence-corrected chi connectivity index (χ2v) is 6.27. The van der Waals surface area contributed by atoms with Gasteiger partial charge in [-0.25, -0.2) is 4.79 Å². The van der Waals surface area contributed by atoms with Gasteiger partial charge in [-0.3, -0.25) is 19.2 Å². The van der Waals surface area contributed by atoms with E-state index in [2.05, 4.69) is 28.6 Å². The number of carboxylic acids is 2. The van der Waals surface area contributed by atoms with E-state index in [9.17, 15) is 24.0 Å². The van der Waals surface area contributed by atoms with Crippen molar-refractivity contribution in [3.05, 3.63) is 0 Å². The predicted octanol–water partition coefficient (Wildman–Crippen LogP) is -2.98. The molecule has 0 saturated carbocycles. The average molecular weight is 421 g/mol. The maximum absolute atomic E-state index is 12.1. The zero-order chi connectivity index (χ0) is 21.7. The molecule has 160 valence electrons. The molecule has 3 amide bonds. The Hall–Kier alpha value is -2.38. The summed E-state index contributed by atoms with van der Waals surface area (Å²) in [5, 5.41) is 24.3. The van der Waals surface area contributed by atoms with Crippen molar-refractivity contribution in [1.82, 2.24) is 16.0 Å². The van der Waals surface area contributed by atoms with Crippen LogP contribution < -0.4 is 27.4 Å². The van der Waals surface area contributed by atoms with Crippen LogP contribution in [0.25, 0.3) is 0 Å². The molecule has 0 saturated heterocycles. The third kappa shape index (κ3) is 10.7. The Morgan fingerprint density at radius 1 is 0.964 bits per heavy atom. The molecule has 0 aliphatic rings. The lowest BCUT2D eigenvalue weighted by atomic mass is 10.1. The van der Waals surface area contributed by atoms with E-state index in [1.54, 1.807) is 0 Å². The molecule has 3 atom stereocenters. The summed E-state index contributed by atoms with van der Waals surface area (Å²) in [7, 11) is 0. The van der Waals surface area contributed by atoms with Crippen molar-refractivity contribution >= 4 is 42.3 Å². The minimum Gasteiger partial charge on any atom is -0.481 e. The molecule has 0 bridgehead atoms. The van der Waals surface area contributed by atoms with E-state index in [1.807, 2.05) is 0 Å². The topological polar surface area (TPSA) is 214 Å². The number of carbonyl (C=O) groups is 5. The third-order valence-electron chi connectivity index (χ3n) is 3.56. The molecule has 0 aliphatic carbocycles. The van der Waals surface area contributed by atoms with Gasteiger partial charge in [0.2, 0.25) is 17.7 Å². The number of hydrogen-bond acceptors (Lipinski definition) is 8. The molecule has 0 radical (unpaired) electrons. The van der Waals surface area contributed by atoms with Crippen LogP contribution in [0.3, 0.4) is 0 Å². The van der Waals surface area contributed by atoms with E-state index >= 15 is 0 Å². The van der Waals surface area contributed by atoms with Gasteiger partial charge in [-0.05, 0) is 19.4 Å². The highest BCUT2D eigenvalue weighted by atomic mass is 32.1. The molecule has 28 heavy (non-hydrogen) atoms. The third-order valence-corrected chi connectivity index (χ3v) is 3.92. The lowest BCUT2D eigenvalue weighted by Gasteiger charge is -2.19. The number of unbranched alkanes of at least 4 members (excludes halogenated alkanes) is 1. The first-order valence-corrected chi connectivity index (χ1v) is 9.14. The Morgan fingerprint density at radius 2 is 1.61 bits per heavy atom. The zero-order valence-corrected chi connectivity index (χ0v) is 16.1. The SMILES string of the molecule is NCCCCC(N)C(=O)NC(CC(=O)O)C(=O)NCC(=O)NC(CS)C(=O)O. The Bertz CT molecular complexity index is 575. The normalized spacial score (nSPS) is 13.7. The van der Waals surface area contributed by atoms with Crippen molar-refractivity contribution in [2.45, 2.75) is 43.8 Å². The second-order valence-electron chi connectivity index (χ2n) is 5.91. The molecule has 9 N–H and O–H groups in total. The van der Waals surface area contributed by atoms with Gasteiger partial charge in [0.25, 0.3) is 0 Å². The minimum atomic E-state index is -1.45. The summed E-state index contributed by atoms with van der Waals surface area (Å²) in [5.41, 5.74) is 11.0. The fourth-order valence-corrected chi connectivity index (χ4v) is 2.27. The van der Waals surface area contributed by atoms with Crippen LogP contribution in [0.4, 0.5) is 0 Å². The first kappa shape index (κ1) is 25.6. The zero-order valence-electron chi connectivity index (χ0n) is 15.2. The number of nitrogens with one attached hydrogen (secondary N) is 3. The molecule has 0 aromatic heterocycles. The number of hydrogen-bond donors (Lipinski definition) is 8. The summed E-state index contributed by atoms with van der Waals surface area (Å²) in [4.78, 5) is 57.6. The molecule has 13 heteroatoms. The summed E-state index contributed by atoms with van der Waals surface area (Å²) < 4.78 is 0. The summed E-state index contributed by atoms with van der Waals surface area (Å²) >= 11 is 3.78. The average Bonchev–Trinajstić information content (AvgIpc) is 2.62. The maximum atomic E-state index is 12.1. The van der Waals surface area contributed by atoms with Crippen LogP contribution in [0, 0.1) is 0 Å². The van der Waals surface area contributed by atoms with Crippen molar-refractivity contribution < 1.29 is 34.2 Å². The van der Waals surface area contributed by atoms with Crippen LogP contribution in [-0.4, -0.2) is 76.8 Å². The number of carbonyl (C=O) groups excluding carboxylic acids is 3. The first-order valence-electron chi connectivity index (χ1n) is 8.50. The summed E-state index contributed by atoms with van der Waals surface area (Å²) in [6.07, 6.45) is 0.853. The van der Waals surface area contributed by atoms with Crippen molar-refractivity contribution in [3.63, 3.8) is 0 Å². The Morgan fingerprint density at radius 3 is 2.11 bits per heavy atom. The van der Waals surface area contributed by atoms with Crippen molar-refractivity contribution in [1.29, 1.82) is 0 Å². The second kappa shape index (κ2) is 13.7. The highest BCUT2D eigenvalue weighted by Gasteiger charge is 2.26. The van der Waals surface area contributed by atoms with Crippen LogP contribution in [0.1, 0.15) is 25.7 Å². The standard InChI is InChI=1S/C15H27N5O7S/c16-4-2-1-3-8(17)13(24)20-9(5-12(22)23)14(25)18-6-11(21)19-10(7-28)15(26)27/h8-10,28H,1-7,16-17H2,(H,18,25)(H,19,21)(H,20,24)(H,22,23)(H,26,27). The molecule has 0 heterocycles. The molecule has 3 unspecified atom stereocenters. The van der Waals surface area contributed by atoms with Crippen molar-refractivity contribution in [2.75, 3.05) is 18.8 Å². The van der Waals surface area contributed by atoms with Crippen molar-refractivity contribution in [2.24, 2.45) is 11.5 Å². The molecule has 0 rings (SSSR count). The van der Waals surface area contributed by atoms with Crippen LogP contribution in [0.15, 0.2) is 0 Å². The van der Waals surface area contributed by atoms with E-state index < -0.39 is 60.8 Å². The Kier molecular flexibility index (Phi) is 12.6. The summed E-state index contributed by atoms with van der Waals surface area (Å²) in [6.45, 7) is -0.165. The molecular weight excluding hydrogens is 394 g/mol. The first-order chi connectivity index (χ1) is 13.1. The van der Waals surface area contributed by atoms with Gasteiger partial charge < -0.3 is 37.6 Å². The number of aliphatic carboxylic acids is 2. The lowest BCUT2D eigenvalue weighted by Crippen LogP contribution is -2.54. The van der Waals surface area contributed by atoms with Crippen LogP contribution in [-0.2, 0) is 24.0 Å². The number of amides is 3. The summed E-state index contributed by atoms with van der Waals surface area (Å²) in [6, 6.07) is -3.63. The van der Waals surface area contributed by atoms with Gasteiger partial charge in [-0.15, -0.1) is 0 Å². The number of thiol groups is 1. The molecule has 0 aromatic carbocycles. The van der Waals surface area contributed by atoms with Crippen LogP contribution in [0.2, 0.25) is 0 Å². The van der Waals surface area contributed by atoms with E-state index in [-0.39, 0.29) is 5.75 Å². The molecular formula is C15H27N5O7S. The Labute approximate surface area is 167 Å². The molecule has 0 aromatic rings. The predicted molar refractivity (Wildman–Crippen MR) is 101 cm³/mol. The molecule has 12 nitrogen and oxygen atoms in total. The maximum Gasteiger partial charge on any atom is 0.327 e. The molecule has 0 aliphatic heterocycles. The lowest BCUT2D eigenvalue weighted by molar-refractivity contribution is -0.142. The number of carboxylic acid groups (broad SMARTS) is 2. The van der Waals surface area contributed by atoms with Crippen LogP contribution in [0.5, 0.6) is 0 Å². The minimum absolute atomic E-state index is 0.158. The van der Waals surface area contributed by atoms with E-state index in [0.29, 0.717) is 25.8 Å².